The molecule has 1 N–H and O–H groups in total. The van der Waals surface area contributed by atoms with E-state index in [1.165, 1.54) is 0 Å². The van der Waals surface area contributed by atoms with Gasteiger partial charge in [0.2, 0.25) is 5.91 Å². The molecule has 23 heavy (non-hydrogen) atoms. The van der Waals surface area contributed by atoms with Crippen molar-refractivity contribution < 1.29 is 14.3 Å². The van der Waals surface area contributed by atoms with Crippen molar-refractivity contribution in [2.24, 2.45) is 0 Å². The predicted molar refractivity (Wildman–Crippen MR) is 92.4 cm³/mol. The number of rotatable bonds is 9. The first kappa shape index (κ1) is 20.1. The summed E-state index contributed by atoms with van der Waals surface area (Å²) in [6, 6.07) is -0.206. The van der Waals surface area contributed by atoms with E-state index in [0.29, 0.717) is 26.0 Å². The quantitative estimate of drug-likeness (QED) is 0.707. The Bertz CT molecular complexity index is 418. The van der Waals surface area contributed by atoms with Crippen molar-refractivity contribution in [1.29, 1.82) is 0 Å². The van der Waals surface area contributed by atoms with Crippen molar-refractivity contribution in [1.82, 2.24) is 10.2 Å². The van der Waals surface area contributed by atoms with E-state index in [2.05, 4.69) is 19.2 Å². The zero-order valence-corrected chi connectivity index (χ0v) is 15.7. The van der Waals surface area contributed by atoms with E-state index in [0.717, 1.165) is 19.3 Å². The Morgan fingerprint density at radius 2 is 1.87 bits per heavy atom. The number of likely N-dealkylation sites (tertiary alicyclic amines) is 1. The van der Waals surface area contributed by atoms with E-state index in [1.807, 2.05) is 20.9 Å². The Hall–Kier alpha value is -0.940. The lowest BCUT2D eigenvalue weighted by molar-refractivity contribution is -0.138. The molecule has 0 radical (unpaired) electrons. The second kappa shape index (κ2) is 8.25. The molecular formula is C18H34N2O3. The van der Waals surface area contributed by atoms with Gasteiger partial charge in [0, 0.05) is 25.1 Å². The maximum atomic E-state index is 12.4. The van der Waals surface area contributed by atoms with Crippen LogP contribution >= 0.6 is 0 Å². The van der Waals surface area contributed by atoms with E-state index < -0.39 is 0 Å². The van der Waals surface area contributed by atoms with Gasteiger partial charge in [-0.1, -0.05) is 0 Å². The number of hydrogen-bond acceptors (Lipinski definition) is 4. The molecule has 1 heterocycles. The first-order valence-corrected chi connectivity index (χ1v) is 8.71. The van der Waals surface area contributed by atoms with Crippen LogP contribution in [0.15, 0.2) is 0 Å². The van der Waals surface area contributed by atoms with E-state index in [1.54, 1.807) is 11.8 Å². The topological polar surface area (TPSA) is 58.6 Å². The summed E-state index contributed by atoms with van der Waals surface area (Å²) in [4.78, 5) is 25.7. The van der Waals surface area contributed by atoms with E-state index >= 15 is 0 Å². The van der Waals surface area contributed by atoms with E-state index in [-0.39, 0.29) is 28.9 Å². The molecule has 134 valence electrons. The van der Waals surface area contributed by atoms with Gasteiger partial charge in [-0.3, -0.25) is 9.59 Å². The van der Waals surface area contributed by atoms with Gasteiger partial charge in [-0.15, -0.1) is 0 Å². The fourth-order valence-electron chi connectivity index (χ4n) is 2.82. The Balaban J connectivity index is 2.40. The zero-order chi connectivity index (χ0) is 17.7. The zero-order valence-electron chi connectivity index (χ0n) is 15.7. The summed E-state index contributed by atoms with van der Waals surface area (Å²) >= 11 is 0. The number of hydrogen-bond donors (Lipinski definition) is 1. The molecule has 0 aliphatic carbocycles. The standard InChI is InChI=1S/C18H34N2O3/c1-14(21)15-8-7-12-20(15)16(22)9-10-18(4,5)23-13-11-17(2,3)19-6/h15,19H,7-13H2,1-6H3. The van der Waals surface area contributed by atoms with Gasteiger partial charge in [-0.05, 0) is 67.3 Å². The minimum absolute atomic E-state index is 0.0517. The molecule has 5 heteroatoms. The number of nitrogens with zero attached hydrogens (tertiary/aromatic N) is 1. The average molecular weight is 326 g/mol. The van der Waals surface area contributed by atoms with Crippen molar-refractivity contribution in [3.8, 4) is 0 Å². The van der Waals surface area contributed by atoms with Gasteiger partial charge in [-0.2, -0.15) is 0 Å². The smallest absolute Gasteiger partial charge is 0.223 e. The Morgan fingerprint density at radius 1 is 1.22 bits per heavy atom. The fourth-order valence-corrected chi connectivity index (χ4v) is 2.82. The number of Topliss-reactive ketones (excluding diaryl/α,β-unsaturated/α-hetero) is 1. The lowest BCUT2D eigenvalue weighted by atomic mass is 9.99. The lowest BCUT2D eigenvalue weighted by Crippen LogP contribution is -2.41. The number of ether oxygens (including phenoxy) is 1. The van der Waals surface area contributed by atoms with Gasteiger partial charge in [0.1, 0.15) is 0 Å². The molecule has 0 aromatic rings. The second-order valence-corrected chi connectivity index (χ2v) is 7.85. The van der Waals surface area contributed by atoms with Crippen LogP contribution in [-0.2, 0) is 14.3 Å². The second-order valence-electron chi connectivity index (χ2n) is 7.85. The summed E-state index contributed by atoms with van der Waals surface area (Å²) in [5.41, 5.74) is -0.277. The molecule has 1 unspecified atom stereocenters. The third-order valence-electron chi connectivity index (χ3n) is 4.88. The summed E-state index contributed by atoms with van der Waals surface area (Å²) < 4.78 is 5.98. The third-order valence-corrected chi connectivity index (χ3v) is 4.88. The molecule has 0 spiro atoms. The molecule has 1 aliphatic heterocycles. The highest BCUT2D eigenvalue weighted by molar-refractivity contribution is 5.88. The number of amides is 1. The van der Waals surface area contributed by atoms with Gasteiger partial charge in [-0.25, -0.2) is 0 Å². The Morgan fingerprint density at radius 3 is 2.43 bits per heavy atom. The predicted octanol–water partition coefficient (Wildman–Crippen LogP) is 2.53. The SMILES string of the molecule is CNC(C)(C)CCOC(C)(C)CCC(=O)N1CCCC1C(C)=O. The molecule has 1 aliphatic rings. The van der Waals surface area contributed by atoms with Crippen LogP contribution in [0.1, 0.15) is 66.7 Å². The van der Waals surface area contributed by atoms with Crippen LogP contribution in [0, 0.1) is 0 Å². The molecule has 0 bridgehead atoms. The van der Waals surface area contributed by atoms with Gasteiger partial charge in [0.15, 0.2) is 5.78 Å². The van der Waals surface area contributed by atoms with Gasteiger partial charge in [0.05, 0.1) is 11.6 Å². The molecule has 1 atom stereocenters. The maximum absolute atomic E-state index is 12.4. The van der Waals surface area contributed by atoms with Crippen molar-refractivity contribution in [2.45, 2.75) is 83.9 Å². The number of ketones is 1. The van der Waals surface area contributed by atoms with Crippen molar-refractivity contribution >= 4 is 11.7 Å². The van der Waals surface area contributed by atoms with Gasteiger partial charge in [0.25, 0.3) is 0 Å². The Kier molecular flexibility index (Phi) is 7.21. The van der Waals surface area contributed by atoms with Crippen LogP contribution < -0.4 is 5.32 Å². The van der Waals surface area contributed by atoms with E-state index in [4.69, 9.17) is 4.74 Å². The molecule has 1 amide bonds. The van der Waals surface area contributed by atoms with Crippen LogP contribution in [-0.4, -0.2) is 54.0 Å². The normalized spacial score (nSPS) is 19.2. The molecular weight excluding hydrogens is 292 g/mol. The minimum atomic E-state index is -0.328. The molecule has 0 aromatic heterocycles. The summed E-state index contributed by atoms with van der Waals surface area (Å²) in [7, 11) is 1.95. The maximum Gasteiger partial charge on any atom is 0.223 e. The summed E-state index contributed by atoms with van der Waals surface area (Å²) in [6.07, 6.45) is 3.76. The molecule has 1 fully saturated rings. The summed E-state index contributed by atoms with van der Waals surface area (Å²) in [5.74, 6) is 0.176. The lowest BCUT2D eigenvalue weighted by Gasteiger charge is -2.30. The van der Waals surface area contributed by atoms with E-state index in [9.17, 15) is 9.59 Å². The number of nitrogens with one attached hydrogen (secondary N) is 1. The highest BCUT2D eigenvalue weighted by Gasteiger charge is 2.32. The van der Waals surface area contributed by atoms with Crippen molar-refractivity contribution in [3.05, 3.63) is 0 Å². The monoisotopic (exact) mass is 326 g/mol. The molecule has 1 rings (SSSR count). The van der Waals surface area contributed by atoms with Crippen molar-refractivity contribution in [3.63, 3.8) is 0 Å². The van der Waals surface area contributed by atoms with Crippen LogP contribution in [0.3, 0.4) is 0 Å². The highest BCUT2D eigenvalue weighted by Crippen LogP contribution is 2.23. The van der Waals surface area contributed by atoms with Crippen LogP contribution in [0.5, 0.6) is 0 Å². The first-order valence-electron chi connectivity index (χ1n) is 8.71. The molecule has 0 saturated carbocycles. The highest BCUT2D eigenvalue weighted by atomic mass is 16.5. The average Bonchev–Trinajstić information content (AvgIpc) is 2.94. The summed E-state index contributed by atoms with van der Waals surface area (Å²) in [5, 5.41) is 3.26. The number of carbonyl (C=O) groups excluding carboxylic acids is 2. The largest absolute Gasteiger partial charge is 0.375 e. The Labute approximate surface area is 141 Å². The van der Waals surface area contributed by atoms with Crippen LogP contribution in [0.25, 0.3) is 0 Å². The van der Waals surface area contributed by atoms with Gasteiger partial charge < -0.3 is 15.0 Å². The van der Waals surface area contributed by atoms with Crippen LogP contribution in [0.4, 0.5) is 0 Å². The molecule has 0 aromatic carbocycles. The van der Waals surface area contributed by atoms with Crippen LogP contribution in [0.2, 0.25) is 0 Å². The molecule has 1 saturated heterocycles. The van der Waals surface area contributed by atoms with Crippen molar-refractivity contribution in [2.75, 3.05) is 20.2 Å². The third kappa shape index (κ3) is 6.60. The summed E-state index contributed by atoms with van der Waals surface area (Å²) in [6.45, 7) is 11.3. The fraction of sp³-hybridized carbons (Fsp3) is 0.889. The number of carbonyl (C=O) groups is 2. The molecule has 5 nitrogen and oxygen atoms in total. The first-order chi connectivity index (χ1) is 10.6. The van der Waals surface area contributed by atoms with Gasteiger partial charge >= 0.3 is 0 Å². The minimum Gasteiger partial charge on any atom is -0.375 e.